The quantitative estimate of drug-likeness (QED) is 0.247. The number of amides is 1. The lowest BCUT2D eigenvalue weighted by molar-refractivity contribution is -0.137. The highest BCUT2D eigenvalue weighted by atomic mass is 32.2. The molecule has 2 aromatic carbocycles. The number of alkyl halides is 3. The van der Waals surface area contributed by atoms with E-state index >= 15 is 4.39 Å². The number of rotatable bonds is 6. The third-order valence-electron chi connectivity index (χ3n) is 7.71. The van der Waals surface area contributed by atoms with Crippen LogP contribution in [0.2, 0.25) is 0 Å². The average molecular weight is 623 g/mol. The first-order valence-electron chi connectivity index (χ1n) is 13.8. The molecule has 2 aliphatic rings. The number of hydrogen-bond donors (Lipinski definition) is 0. The Bertz CT molecular complexity index is 1650. The monoisotopic (exact) mass is 622 g/mol. The van der Waals surface area contributed by atoms with Crippen LogP contribution < -0.4 is 10.6 Å². The van der Waals surface area contributed by atoms with Gasteiger partial charge in [-0.25, -0.2) is 13.6 Å². The number of benzene rings is 2. The molecule has 230 valence electrons. The standard InChI is InChI=1S/C30H31F5N4O3S/c1-6-24(40)38-16(4)11-37(12-17(38)5)28-21-10-22(30(33,34)35)25(20-8-7-18(31)9-23(20)32)27-26(21)39(29(41)36-28)19(14-43-27)13-42-15(2)3/h6-10,15-17,19H,1,11-14H2,2-5H3/t16-,17+,19-/m0/s1. The van der Waals surface area contributed by atoms with Crippen LogP contribution >= 0.6 is 11.8 Å². The smallest absolute Gasteiger partial charge is 0.377 e. The lowest BCUT2D eigenvalue weighted by Gasteiger charge is -2.45. The molecule has 43 heavy (non-hydrogen) atoms. The van der Waals surface area contributed by atoms with Gasteiger partial charge in [-0.1, -0.05) is 6.58 Å². The van der Waals surface area contributed by atoms with Gasteiger partial charge in [0.15, 0.2) is 0 Å². The molecule has 1 fully saturated rings. The molecule has 1 amide bonds. The molecule has 1 saturated heterocycles. The Morgan fingerprint density at radius 2 is 1.86 bits per heavy atom. The highest BCUT2D eigenvalue weighted by Crippen LogP contribution is 2.50. The number of anilines is 1. The SMILES string of the molecule is C=CC(=O)N1[C@H](C)CN(c2nc(=O)n3c4c(c(-c5ccc(F)cc5F)c(C(F)(F)F)cc24)SC[C@@H]3COC(C)C)C[C@@H]1C. The van der Waals surface area contributed by atoms with Crippen LogP contribution in [-0.2, 0) is 15.7 Å². The molecule has 0 spiro atoms. The number of carbonyl (C=O) groups excluding carboxylic acids is 1. The molecule has 0 bridgehead atoms. The molecule has 0 aliphatic carbocycles. The number of piperazine rings is 1. The molecule has 0 N–H and O–H groups in total. The minimum Gasteiger partial charge on any atom is -0.377 e. The number of hydrogen-bond acceptors (Lipinski definition) is 6. The zero-order valence-corrected chi connectivity index (χ0v) is 24.9. The lowest BCUT2D eigenvalue weighted by Crippen LogP contribution is -2.58. The number of halogens is 5. The highest BCUT2D eigenvalue weighted by molar-refractivity contribution is 7.99. The second-order valence-corrected chi connectivity index (χ2v) is 12.2. The van der Waals surface area contributed by atoms with Gasteiger partial charge < -0.3 is 14.5 Å². The zero-order chi connectivity index (χ0) is 31.4. The van der Waals surface area contributed by atoms with Crippen LogP contribution in [0.1, 0.15) is 39.3 Å². The Hall–Kier alpha value is -3.45. The van der Waals surface area contributed by atoms with Crippen molar-refractivity contribution in [2.45, 2.75) is 63.0 Å². The minimum atomic E-state index is -4.92. The topological polar surface area (TPSA) is 67.7 Å². The summed E-state index contributed by atoms with van der Waals surface area (Å²) in [6.07, 6.45) is -3.89. The molecule has 5 rings (SSSR count). The van der Waals surface area contributed by atoms with Gasteiger partial charge in [0.2, 0.25) is 5.91 Å². The second-order valence-electron chi connectivity index (χ2n) is 11.1. The first-order valence-corrected chi connectivity index (χ1v) is 14.8. The van der Waals surface area contributed by atoms with Crippen molar-refractivity contribution >= 4 is 34.4 Å². The third kappa shape index (κ3) is 5.64. The summed E-state index contributed by atoms with van der Waals surface area (Å²) in [5.41, 5.74) is -2.51. The summed E-state index contributed by atoms with van der Waals surface area (Å²) in [6.45, 7) is 11.3. The Morgan fingerprint density at radius 1 is 1.19 bits per heavy atom. The van der Waals surface area contributed by atoms with E-state index < -0.39 is 46.2 Å². The van der Waals surface area contributed by atoms with Crippen molar-refractivity contribution in [1.29, 1.82) is 0 Å². The molecule has 0 radical (unpaired) electrons. The Labute approximate surface area is 249 Å². The molecule has 3 atom stereocenters. The predicted molar refractivity (Wildman–Crippen MR) is 155 cm³/mol. The van der Waals surface area contributed by atoms with Crippen LogP contribution in [0.4, 0.5) is 27.8 Å². The molecule has 7 nitrogen and oxygen atoms in total. The van der Waals surface area contributed by atoms with E-state index in [9.17, 15) is 27.2 Å². The maximum atomic E-state index is 15.1. The summed E-state index contributed by atoms with van der Waals surface area (Å²) in [5.74, 6) is -2.14. The fourth-order valence-electron chi connectivity index (χ4n) is 5.98. The highest BCUT2D eigenvalue weighted by Gasteiger charge is 2.41. The van der Waals surface area contributed by atoms with Gasteiger partial charge in [0, 0.05) is 58.4 Å². The van der Waals surface area contributed by atoms with Gasteiger partial charge in [-0.05, 0) is 52.0 Å². The fraction of sp³-hybridized carbons (Fsp3) is 0.433. The van der Waals surface area contributed by atoms with E-state index in [0.29, 0.717) is 6.07 Å². The van der Waals surface area contributed by atoms with Crippen molar-refractivity contribution in [3.63, 3.8) is 0 Å². The van der Waals surface area contributed by atoms with Gasteiger partial charge in [0.25, 0.3) is 0 Å². The first-order chi connectivity index (χ1) is 20.2. The molecular weight excluding hydrogens is 591 g/mol. The van der Waals surface area contributed by atoms with Crippen LogP contribution in [0.15, 0.2) is 46.6 Å². The third-order valence-corrected chi connectivity index (χ3v) is 8.94. The van der Waals surface area contributed by atoms with Gasteiger partial charge in [-0.2, -0.15) is 18.2 Å². The van der Waals surface area contributed by atoms with Gasteiger partial charge in [-0.3, -0.25) is 9.36 Å². The van der Waals surface area contributed by atoms with E-state index in [2.05, 4.69) is 11.6 Å². The molecule has 0 saturated carbocycles. The van der Waals surface area contributed by atoms with E-state index in [1.807, 2.05) is 13.8 Å². The van der Waals surface area contributed by atoms with Gasteiger partial charge in [0.1, 0.15) is 17.5 Å². The van der Waals surface area contributed by atoms with Crippen LogP contribution in [0.5, 0.6) is 0 Å². The van der Waals surface area contributed by atoms with E-state index in [0.717, 1.165) is 30.0 Å². The second kappa shape index (κ2) is 11.6. The Balaban J connectivity index is 1.82. The number of nitrogens with zero attached hydrogens (tertiary/aromatic N) is 4. The number of aromatic nitrogens is 2. The molecular formula is C30H31F5N4O3S. The fourth-order valence-corrected chi connectivity index (χ4v) is 7.29. The van der Waals surface area contributed by atoms with Crippen molar-refractivity contribution < 1.29 is 31.5 Å². The van der Waals surface area contributed by atoms with Gasteiger partial charge >= 0.3 is 11.9 Å². The van der Waals surface area contributed by atoms with Crippen molar-refractivity contribution in [3.05, 3.63) is 64.6 Å². The van der Waals surface area contributed by atoms with Crippen molar-refractivity contribution in [2.75, 3.05) is 30.3 Å². The van der Waals surface area contributed by atoms with Crippen LogP contribution in [0.25, 0.3) is 22.0 Å². The van der Waals surface area contributed by atoms with Gasteiger partial charge in [-0.15, -0.1) is 11.8 Å². The Kier molecular flexibility index (Phi) is 8.34. The number of thioether (sulfide) groups is 1. The molecule has 13 heteroatoms. The first kappa shape index (κ1) is 31.0. The average Bonchev–Trinajstić information content (AvgIpc) is 2.92. The number of ether oxygens (including phenoxy) is 1. The van der Waals surface area contributed by atoms with Crippen molar-refractivity contribution in [2.24, 2.45) is 0 Å². The molecule has 2 aliphatic heterocycles. The maximum Gasteiger partial charge on any atom is 0.417 e. The Morgan fingerprint density at radius 3 is 2.44 bits per heavy atom. The summed E-state index contributed by atoms with van der Waals surface area (Å²) in [7, 11) is 0. The normalized spacial score (nSPS) is 20.7. The zero-order valence-electron chi connectivity index (χ0n) is 24.0. The largest absolute Gasteiger partial charge is 0.417 e. The van der Waals surface area contributed by atoms with Gasteiger partial charge in [0.05, 0.1) is 29.8 Å². The predicted octanol–water partition coefficient (Wildman–Crippen LogP) is 6.04. The van der Waals surface area contributed by atoms with E-state index in [1.54, 1.807) is 23.6 Å². The maximum absolute atomic E-state index is 15.1. The molecule has 3 heterocycles. The molecule has 0 unspecified atom stereocenters. The van der Waals surface area contributed by atoms with Crippen LogP contribution in [-0.4, -0.2) is 64.0 Å². The van der Waals surface area contributed by atoms with E-state index in [-0.39, 0.29) is 71.2 Å². The summed E-state index contributed by atoms with van der Waals surface area (Å²) in [6, 6.07) is 2.04. The van der Waals surface area contributed by atoms with Crippen LogP contribution in [0, 0.1) is 11.6 Å². The molecule has 1 aromatic heterocycles. The van der Waals surface area contributed by atoms with Crippen molar-refractivity contribution in [1.82, 2.24) is 14.5 Å². The van der Waals surface area contributed by atoms with Crippen molar-refractivity contribution in [3.8, 4) is 11.1 Å². The molecule has 3 aromatic rings. The summed E-state index contributed by atoms with van der Waals surface area (Å²) in [4.78, 5) is 33.9. The summed E-state index contributed by atoms with van der Waals surface area (Å²) in [5, 5.41) is 0.0674. The summed E-state index contributed by atoms with van der Waals surface area (Å²) < 4.78 is 80.4. The van der Waals surface area contributed by atoms with E-state index in [1.165, 1.54) is 10.6 Å². The summed E-state index contributed by atoms with van der Waals surface area (Å²) >= 11 is 1.07. The minimum absolute atomic E-state index is 0.0459. The number of carbonyl (C=O) groups is 1. The van der Waals surface area contributed by atoms with Crippen LogP contribution in [0.3, 0.4) is 0 Å². The van der Waals surface area contributed by atoms with E-state index in [4.69, 9.17) is 4.74 Å². The lowest BCUT2D eigenvalue weighted by atomic mass is 9.95.